The first-order valence-electron chi connectivity index (χ1n) is 7.03. The number of aromatic hydroxyl groups is 1. The number of phenolic OH excluding ortho intramolecular Hbond substituents is 1. The molecule has 2 heterocycles. The lowest BCUT2D eigenvalue weighted by atomic mass is 10.2. The van der Waals surface area contributed by atoms with Crippen LogP contribution in [0.2, 0.25) is 0 Å². The molecule has 0 aliphatic carbocycles. The maximum atomic E-state index is 10.00. The Morgan fingerprint density at radius 2 is 1.73 bits per heavy atom. The topological polar surface area (TPSA) is 66.7 Å². The second kappa shape index (κ2) is 4.73. The third-order valence-electron chi connectivity index (χ3n) is 3.66. The molecule has 108 valence electrons. The number of aromatic nitrogens is 4. The molecule has 0 saturated carbocycles. The molecular weight excluding hydrogens is 276 g/mol. The Hall–Kier alpha value is -3.08. The minimum absolute atomic E-state index is 0.204. The molecule has 22 heavy (non-hydrogen) atoms. The van der Waals surface area contributed by atoms with E-state index in [2.05, 4.69) is 15.1 Å². The minimum Gasteiger partial charge on any atom is -0.507 e. The molecule has 4 aromatic rings. The Balaban J connectivity index is 1.94. The number of hydrogen-bond donors (Lipinski definition) is 2. The van der Waals surface area contributed by atoms with E-state index in [0.29, 0.717) is 11.4 Å². The van der Waals surface area contributed by atoms with Gasteiger partial charge in [0, 0.05) is 0 Å². The number of imidazole rings is 1. The first kappa shape index (κ1) is 12.6. The number of fused-ring (bicyclic) bond motifs is 1. The fraction of sp³-hybridized carbons (Fsp3) is 0.0588. The van der Waals surface area contributed by atoms with E-state index in [-0.39, 0.29) is 5.75 Å². The van der Waals surface area contributed by atoms with E-state index in [9.17, 15) is 5.11 Å². The third kappa shape index (κ3) is 1.87. The van der Waals surface area contributed by atoms with Gasteiger partial charge in [-0.25, -0.2) is 9.67 Å². The summed E-state index contributed by atoms with van der Waals surface area (Å²) in [6, 6.07) is 17.0. The number of H-pyrrole nitrogens is 1. The maximum absolute atomic E-state index is 10.00. The van der Waals surface area contributed by atoms with Crippen molar-refractivity contribution in [1.29, 1.82) is 0 Å². The Morgan fingerprint density at radius 1 is 1.00 bits per heavy atom. The van der Waals surface area contributed by atoms with Crippen LogP contribution in [0, 0.1) is 6.92 Å². The fourth-order valence-corrected chi connectivity index (χ4v) is 2.57. The first-order chi connectivity index (χ1) is 10.7. The van der Waals surface area contributed by atoms with Crippen molar-refractivity contribution < 1.29 is 5.11 Å². The summed E-state index contributed by atoms with van der Waals surface area (Å²) in [5.74, 6) is 0.842. The summed E-state index contributed by atoms with van der Waals surface area (Å²) in [4.78, 5) is 7.88. The summed E-state index contributed by atoms with van der Waals surface area (Å²) in [5.41, 5.74) is 4.13. The smallest absolute Gasteiger partial charge is 0.181 e. The average Bonchev–Trinajstić information content (AvgIpc) is 3.10. The lowest BCUT2D eigenvalue weighted by Crippen LogP contribution is -1.97. The van der Waals surface area contributed by atoms with Gasteiger partial charge in [0.2, 0.25) is 0 Å². The van der Waals surface area contributed by atoms with Crippen molar-refractivity contribution in [3.05, 3.63) is 60.3 Å². The van der Waals surface area contributed by atoms with Gasteiger partial charge in [0.1, 0.15) is 17.1 Å². The van der Waals surface area contributed by atoms with Crippen LogP contribution in [0.5, 0.6) is 5.75 Å². The number of aromatic amines is 1. The molecule has 2 N–H and O–H groups in total. The Bertz CT molecular complexity index is 953. The van der Waals surface area contributed by atoms with E-state index >= 15 is 0 Å². The van der Waals surface area contributed by atoms with Gasteiger partial charge in [-0.2, -0.15) is 5.10 Å². The van der Waals surface area contributed by atoms with Crippen molar-refractivity contribution in [3.8, 4) is 22.8 Å². The van der Waals surface area contributed by atoms with Crippen molar-refractivity contribution in [1.82, 2.24) is 19.7 Å². The largest absolute Gasteiger partial charge is 0.507 e. The van der Waals surface area contributed by atoms with Crippen LogP contribution < -0.4 is 0 Å². The van der Waals surface area contributed by atoms with Crippen molar-refractivity contribution in [2.75, 3.05) is 0 Å². The zero-order valence-corrected chi connectivity index (χ0v) is 12.0. The molecule has 0 radical (unpaired) electrons. The van der Waals surface area contributed by atoms with Gasteiger partial charge in [-0.1, -0.05) is 30.3 Å². The number of hydrogen-bond acceptors (Lipinski definition) is 3. The van der Waals surface area contributed by atoms with Crippen molar-refractivity contribution >= 4 is 11.2 Å². The quantitative estimate of drug-likeness (QED) is 0.594. The number of nitrogens with zero attached hydrogens (tertiary/aromatic N) is 3. The highest BCUT2D eigenvalue weighted by Gasteiger charge is 2.16. The SMILES string of the molecule is Cc1nn(-c2ccccc2)c2nc(-c3ccccc3O)[nH]c12. The van der Waals surface area contributed by atoms with Gasteiger partial charge >= 0.3 is 0 Å². The summed E-state index contributed by atoms with van der Waals surface area (Å²) >= 11 is 0. The summed E-state index contributed by atoms with van der Waals surface area (Å²) in [7, 11) is 0. The summed E-state index contributed by atoms with van der Waals surface area (Å²) < 4.78 is 1.81. The normalized spacial score (nSPS) is 11.1. The minimum atomic E-state index is 0.204. The van der Waals surface area contributed by atoms with Crippen LogP contribution in [0.25, 0.3) is 28.2 Å². The summed E-state index contributed by atoms with van der Waals surface area (Å²) in [6.45, 7) is 1.94. The monoisotopic (exact) mass is 290 g/mol. The van der Waals surface area contributed by atoms with E-state index < -0.39 is 0 Å². The summed E-state index contributed by atoms with van der Waals surface area (Å²) in [5, 5.41) is 14.5. The van der Waals surface area contributed by atoms with Gasteiger partial charge in [-0.15, -0.1) is 0 Å². The van der Waals surface area contributed by atoms with Crippen molar-refractivity contribution in [2.45, 2.75) is 6.92 Å². The van der Waals surface area contributed by atoms with E-state index in [4.69, 9.17) is 0 Å². The van der Waals surface area contributed by atoms with Crippen molar-refractivity contribution in [2.24, 2.45) is 0 Å². The molecule has 5 nitrogen and oxygen atoms in total. The Kier molecular flexibility index (Phi) is 2.72. The van der Waals surface area contributed by atoms with Gasteiger partial charge in [-0.05, 0) is 31.2 Å². The Labute approximate surface area is 126 Å². The standard InChI is InChI=1S/C17H14N4O/c1-11-15-17(21(20-11)12-7-3-2-4-8-12)19-16(18-15)13-9-5-6-10-14(13)22/h2-10,22H,1H3,(H,18,19). The van der Waals surface area contributed by atoms with E-state index in [1.165, 1.54) is 0 Å². The van der Waals surface area contributed by atoms with Crippen LogP contribution in [-0.4, -0.2) is 24.9 Å². The van der Waals surface area contributed by atoms with Gasteiger partial charge in [0.15, 0.2) is 5.65 Å². The summed E-state index contributed by atoms with van der Waals surface area (Å²) in [6.07, 6.45) is 0. The molecule has 0 aliphatic heterocycles. The zero-order valence-electron chi connectivity index (χ0n) is 12.0. The molecule has 0 aliphatic rings. The molecule has 0 atom stereocenters. The van der Waals surface area contributed by atoms with Crippen LogP contribution >= 0.6 is 0 Å². The van der Waals surface area contributed by atoms with Gasteiger partial charge in [0.25, 0.3) is 0 Å². The van der Waals surface area contributed by atoms with E-state index in [0.717, 1.165) is 22.5 Å². The van der Waals surface area contributed by atoms with E-state index in [1.54, 1.807) is 12.1 Å². The van der Waals surface area contributed by atoms with Crippen LogP contribution in [0.1, 0.15) is 5.69 Å². The highest BCUT2D eigenvalue weighted by atomic mass is 16.3. The molecule has 2 aromatic carbocycles. The third-order valence-corrected chi connectivity index (χ3v) is 3.66. The van der Waals surface area contributed by atoms with Crippen LogP contribution in [0.15, 0.2) is 54.6 Å². The molecule has 0 bridgehead atoms. The number of phenols is 1. The van der Waals surface area contributed by atoms with Gasteiger partial charge in [0.05, 0.1) is 16.9 Å². The highest BCUT2D eigenvalue weighted by Crippen LogP contribution is 2.29. The molecular formula is C17H14N4O. The molecule has 0 saturated heterocycles. The van der Waals surface area contributed by atoms with Crippen molar-refractivity contribution in [3.63, 3.8) is 0 Å². The van der Waals surface area contributed by atoms with Crippen LogP contribution in [0.3, 0.4) is 0 Å². The molecule has 0 unspecified atom stereocenters. The molecule has 0 amide bonds. The maximum Gasteiger partial charge on any atom is 0.181 e. The average molecular weight is 290 g/mol. The number of para-hydroxylation sites is 2. The van der Waals surface area contributed by atoms with E-state index in [1.807, 2.05) is 54.1 Å². The fourth-order valence-electron chi connectivity index (χ4n) is 2.57. The number of nitrogens with one attached hydrogen (secondary N) is 1. The predicted molar refractivity (Wildman–Crippen MR) is 85.1 cm³/mol. The lowest BCUT2D eigenvalue weighted by Gasteiger charge is -2.01. The highest BCUT2D eigenvalue weighted by molar-refractivity contribution is 5.81. The predicted octanol–water partition coefficient (Wildman–Crippen LogP) is 3.43. The molecule has 0 spiro atoms. The first-order valence-corrected chi connectivity index (χ1v) is 7.03. The van der Waals surface area contributed by atoms with Crippen LogP contribution in [0.4, 0.5) is 0 Å². The number of rotatable bonds is 2. The number of aryl methyl sites for hydroxylation is 1. The molecule has 5 heteroatoms. The second-order valence-electron chi connectivity index (χ2n) is 5.13. The second-order valence-corrected chi connectivity index (χ2v) is 5.13. The molecule has 0 fully saturated rings. The lowest BCUT2D eigenvalue weighted by molar-refractivity contribution is 0.477. The van der Waals surface area contributed by atoms with Gasteiger partial charge in [-0.3, -0.25) is 0 Å². The van der Waals surface area contributed by atoms with Gasteiger partial charge < -0.3 is 10.1 Å². The van der Waals surface area contributed by atoms with Crippen LogP contribution in [-0.2, 0) is 0 Å². The molecule has 4 rings (SSSR count). The zero-order chi connectivity index (χ0) is 15.1. The molecule has 2 aromatic heterocycles. The number of benzene rings is 2. The Morgan fingerprint density at radius 3 is 2.50 bits per heavy atom.